The van der Waals surface area contributed by atoms with Gasteiger partial charge in [0.2, 0.25) is 0 Å². The molecule has 0 bridgehead atoms. The molecule has 1 nitrogen and oxygen atoms in total. The average molecular weight is 295 g/mol. The van der Waals surface area contributed by atoms with Crippen LogP contribution < -0.4 is 0 Å². The molecule has 0 aliphatic carbocycles. The second-order valence-corrected chi connectivity index (χ2v) is 10.3. The normalized spacial score (nSPS) is 13.8. The molecule has 0 spiro atoms. The second-order valence-electron chi connectivity index (χ2n) is 5.69. The Hall–Kier alpha value is -1.62. The molecule has 20 heavy (non-hydrogen) atoms. The first-order valence-electron chi connectivity index (χ1n) is 6.33. The summed E-state index contributed by atoms with van der Waals surface area (Å²) in [4.78, 5) is 0. The molecule has 0 heterocycles. The lowest BCUT2D eigenvalue weighted by molar-refractivity contribution is -0.0579. The Balaban J connectivity index is 2.60. The predicted octanol–water partition coefficient (Wildman–Crippen LogP) is 5.03. The van der Waals surface area contributed by atoms with Gasteiger partial charge in [0.25, 0.3) is 0 Å². The van der Waals surface area contributed by atoms with Crippen LogP contribution in [0.5, 0.6) is 0 Å². The van der Waals surface area contributed by atoms with Crippen molar-refractivity contribution in [2.75, 3.05) is 0 Å². The molecule has 0 unspecified atom stereocenters. The molecule has 0 saturated heterocycles. The van der Waals surface area contributed by atoms with Gasteiger partial charge < -0.3 is 4.66 Å². The lowest BCUT2D eigenvalue weighted by atomic mass is 10.0. The molecule has 2 aromatic carbocycles. The predicted molar refractivity (Wildman–Crippen MR) is 79.9 cm³/mol. The fourth-order valence-electron chi connectivity index (χ4n) is 1.96. The van der Waals surface area contributed by atoms with Gasteiger partial charge in [0.1, 0.15) is 5.71 Å². The molecule has 0 aromatic heterocycles. The van der Waals surface area contributed by atoms with Crippen molar-refractivity contribution >= 4 is 24.7 Å². The maximum atomic E-state index is 13.2. The molecule has 0 aliphatic rings. The van der Waals surface area contributed by atoms with Gasteiger partial charge in [-0.15, -0.1) is 0 Å². The molecule has 0 N–H and O–H groups in total. The molecule has 0 saturated carbocycles. The van der Waals surface area contributed by atoms with Crippen molar-refractivity contribution in [3.63, 3.8) is 0 Å². The number of nitrogens with zero attached hydrogens (tertiary/aromatic N) is 1. The smallest absolute Gasteiger partial charge is 0.317 e. The highest BCUT2D eigenvalue weighted by Gasteiger charge is 2.37. The van der Waals surface area contributed by atoms with Gasteiger partial charge in [-0.1, -0.05) is 36.4 Å². The van der Waals surface area contributed by atoms with E-state index in [2.05, 4.69) is 4.66 Å². The zero-order chi connectivity index (χ0) is 15.0. The lowest BCUT2D eigenvalue weighted by Crippen LogP contribution is -2.30. The fraction of sp³-hybridized carbons (Fsp3) is 0.267. The molecule has 2 aromatic rings. The Morgan fingerprint density at radius 1 is 0.950 bits per heavy atom. The van der Waals surface area contributed by atoms with E-state index in [0.29, 0.717) is 0 Å². The summed E-state index contributed by atoms with van der Waals surface area (Å²) in [6, 6.07) is 12.1. The molecule has 2 rings (SSSR count). The van der Waals surface area contributed by atoms with Gasteiger partial charge in [0, 0.05) is 5.56 Å². The summed E-state index contributed by atoms with van der Waals surface area (Å²) in [6.45, 7) is 5.37. The SMILES string of the molecule is C[Si](C)(C)/N=C(\c1ccc2ccccc2c1)C(F)(F)F. The molecular weight excluding hydrogens is 279 g/mol. The van der Waals surface area contributed by atoms with Crippen molar-refractivity contribution in [2.45, 2.75) is 25.8 Å². The Morgan fingerprint density at radius 3 is 2.10 bits per heavy atom. The molecule has 0 fully saturated rings. The van der Waals surface area contributed by atoms with Crippen LogP contribution in [0.2, 0.25) is 19.6 Å². The zero-order valence-corrected chi connectivity index (χ0v) is 12.6. The van der Waals surface area contributed by atoms with Crippen molar-refractivity contribution in [2.24, 2.45) is 4.66 Å². The minimum Gasteiger partial charge on any atom is -0.317 e. The highest BCUT2D eigenvalue weighted by Crippen LogP contribution is 2.26. The van der Waals surface area contributed by atoms with Gasteiger partial charge in [-0.25, -0.2) is 0 Å². The van der Waals surface area contributed by atoms with E-state index in [4.69, 9.17) is 0 Å². The first-order valence-corrected chi connectivity index (χ1v) is 9.78. The van der Waals surface area contributed by atoms with Gasteiger partial charge in [-0.2, -0.15) is 13.2 Å². The monoisotopic (exact) mass is 295 g/mol. The van der Waals surface area contributed by atoms with Crippen molar-refractivity contribution < 1.29 is 13.2 Å². The molecule has 0 amide bonds. The van der Waals surface area contributed by atoms with Crippen LogP contribution in [0.1, 0.15) is 5.56 Å². The van der Waals surface area contributed by atoms with Crippen molar-refractivity contribution in [1.29, 1.82) is 0 Å². The first kappa shape index (κ1) is 14.8. The molecule has 0 aliphatic heterocycles. The van der Waals surface area contributed by atoms with Gasteiger partial charge in [-0.3, -0.25) is 0 Å². The Bertz CT molecular complexity index is 654. The topological polar surface area (TPSA) is 12.4 Å². The Kier molecular flexibility index (Phi) is 3.73. The average Bonchev–Trinajstić information content (AvgIpc) is 2.33. The first-order chi connectivity index (χ1) is 9.17. The summed E-state index contributed by atoms with van der Waals surface area (Å²) in [6.07, 6.45) is -4.43. The third-order valence-electron chi connectivity index (χ3n) is 2.74. The van der Waals surface area contributed by atoms with Crippen molar-refractivity contribution in [3.05, 3.63) is 48.0 Å². The van der Waals surface area contributed by atoms with E-state index in [0.717, 1.165) is 10.8 Å². The Labute approximate surface area is 117 Å². The minimum atomic E-state index is -4.43. The van der Waals surface area contributed by atoms with Crippen LogP contribution in [0.4, 0.5) is 13.2 Å². The number of halogens is 3. The van der Waals surface area contributed by atoms with E-state index in [9.17, 15) is 13.2 Å². The zero-order valence-electron chi connectivity index (χ0n) is 11.6. The van der Waals surface area contributed by atoms with E-state index in [-0.39, 0.29) is 5.56 Å². The largest absolute Gasteiger partial charge is 0.432 e. The van der Waals surface area contributed by atoms with Crippen molar-refractivity contribution in [1.82, 2.24) is 0 Å². The van der Waals surface area contributed by atoms with E-state index >= 15 is 0 Å². The number of alkyl halides is 3. The quantitative estimate of drug-likeness (QED) is 0.544. The molecule has 0 radical (unpaired) electrons. The highest BCUT2D eigenvalue weighted by molar-refractivity contribution is 6.75. The third-order valence-corrected chi connectivity index (χ3v) is 3.63. The fourth-order valence-corrected chi connectivity index (χ4v) is 2.89. The van der Waals surface area contributed by atoms with E-state index in [1.807, 2.05) is 18.2 Å². The van der Waals surface area contributed by atoms with Crippen LogP contribution in [-0.4, -0.2) is 20.1 Å². The summed E-state index contributed by atoms with van der Waals surface area (Å²) < 4.78 is 43.7. The van der Waals surface area contributed by atoms with Crippen LogP contribution in [0.25, 0.3) is 10.8 Å². The summed E-state index contributed by atoms with van der Waals surface area (Å²) in [5, 5.41) is 1.71. The van der Waals surface area contributed by atoms with Gasteiger partial charge >= 0.3 is 6.18 Å². The summed E-state index contributed by atoms with van der Waals surface area (Å²) in [5.74, 6) is 0. The standard InChI is InChI=1S/C15H16F3NSi/c1-20(2,3)19-14(15(16,17)18)13-9-8-11-6-4-5-7-12(11)10-13/h4-10H,1-3H3/b19-14+. The highest BCUT2D eigenvalue weighted by atomic mass is 28.3. The second kappa shape index (κ2) is 5.05. The van der Waals surface area contributed by atoms with E-state index in [1.165, 1.54) is 6.07 Å². The van der Waals surface area contributed by atoms with Crippen LogP contribution in [0.3, 0.4) is 0 Å². The van der Waals surface area contributed by atoms with E-state index in [1.54, 1.807) is 37.8 Å². The summed E-state index contributed by atoms with van der Waals surface area (Å²) in [7, 11) is -2.21. The number of benzene rings is 2. The van der Waals surface area contributed by atoms with E-state index < -0.39 is 20.1 Å². The lowest BCUT2D eigenvalue weighted by Gasteiger charge is -2.17. The molecular formula is C15H16F3NSi. The van der Waals surface area contributed by atoms with Crippen LogP contribution in [0, 0.1) is 0 Å². The maximum absolute atomic E-state index is 13.2. The minimum absolute atomic E-state index is 0.138. The molecule has 5 heteroatoms. The van der Waals surface area contributed by atoms with Gasteiger partial charge in [0.15, 0.2) is 8.24 Å². The summed E-state index contributed by atoms with van der Waals surface area (Å²) >= 11 is 0. The Morgan fingerprint density at radius 2 is 1.55 bits per heavy atom. The number of hydrogen-bond acceptors (Lipinski definition) is 1. The third kappa shape index (κ3) is 3.48. The summed E-state index contributed by atoms with van der Waals surface area (Å²) in [5.41, 5.74) is -0.624. The van der Waals surface area contributed by atoms with Gasteiger partial charge in [-0.05, 0) is 36.5 Å². The van der Waals surface area contributed by atoms with Crippen LogP contribution >= 0.6 is 0 Å². The molecule has 106 valence electrons. The maximum Gasteiger partial charge on any atom is 0.432 e. The van der Waals surface area contributed by atoms with Crippen molar-refractivity contribution in [3.8, 4) is 0 Å². The number of fused-ring (bicyclic) bond motifs is 1. The number of rotatable bonds is 2. The van der Waals surface area contributed by atoms with Crippen LogP contribution in [-0.2, 0) is 0 Å². The van der Waals surface area contributed by atoms with Crippen LogP contribution in [0.15, 0.2) is 47.1 Å². The molecule has 0 atom stereocenters. The van der Waals surface area contributed by atoms with Gasteiger partial charge in [0.05, 0.1) is 0 Å². The number of hydrogen-bond donors (Lipinski definition) is 0.